The van der Waals surface area contributed by atoms with E-state index >= 15 is 0 Å². The van der Waals surface area contributed by atoms with Gasteiger partial charge in [0, 0.05) is 5.57 Å². The summed E-state index contributed by atoms with van der Waals surface area (Å²) in [5.74, 6) is -0.441. The highest BCUT2D eigenvalue weighted by Crippen LogP contribution is 2.49. The highest BCUT2D eigenvalue weighted by Gasteiger charge is 2.25. The molecule has 0 amide bonds. The van der Waals surface area contributed by atoms with Crippen LogP contribution in [0.15, 0.2) is 11.6 Å². The zero-order valence-electron chi connectivity index (χ0n) is 13.1. The van der Waals surface area contributed by atoms with Crippen molar-refractivity contribution in [1.82, 2.24) is 0 Å². The maximum atomic E-state index is 12.0. The number of hydrogen-bond acceptors (Lipinski definition) is 6. The van der Waals surface area contributed by atoms with Crippen molar-refractivity contribution in [3.05, 3.63) is 11.6 Å². The number of carbonyl (C=O) groups excluding carboxylic acids is 1. The summed E-state index contributed by atoms with van der Waals surface area (Å²) in [6.45, 7) is 10.7. The van der Waals surface area contributed by atoms with Crippen molar-refractivity contribution >= 4 is 13.8 Å². The Morgan fingerprint density at radius 3 is 2.00 bits per heavy atom. The number of carbonyl (C=O) groups is 1. The van der Waals surface area contributed by atoms with Crippen LogP contribution in [-0.2, 0) is 27.7 Å². The highest BCUT2D eigenvalue weighted by atomic mass is 31.2. The molecule has 0 rings (SSSR count). The van der Waals surface area contributed by atoms with Gasteiger partial charge in [-0.1, -0.05) is 0 Å². The third kappa shape index (κ3) is 8.48. The molecule has 7 heteroatoms. The molecule has 0 bridgehead atoms. The van der Waals surface area contributed by atoms with Crippen LogP contribution in [0.25, 0.3) is 0 Å². The standard InChI is InChI=1S/C13H25O6P/c1-7-16-20(15,17-8-2)18-10-9-11(3)12(14)19-13(4,5)6/h9H,7-8,10H2,1-6H3/b11-9+. The van der Waals surface area contributed by atoms with E-state index in [0.717, 1.165) is 0 Å². The molecule has 20 heavy (non-hydrogen) atoms. The van der Waals surface area contributed by atoms with Gasteiger partial charge >= 0.3 is 13.8 Å². The SMILES string of the molecule is CCOP(=O)(OCC)OC/C=C(\C)C(=O)OC(C)(C)C. The van der Waals surface area contributed by atoms with E-state index in [1.807, 2.05) is 0 Å². The highest BCUT2D eigenvalue weighted by molar-refractivity contribution is 7.48. The van der Waals surface area contributed by atoms with Crippen molar-refractivity contribution in [2.45, 2.75) is 47.1 Å². The molecule has 0 saturated carbocycles. The number of esters is 1. The largest absolute Gasteiger partial charge is 0.475 e. The molecule has 0 N–H and O–H groups in total. The molecular weight excluding hydrogens is 283 g/mol. The van der Waals surface area contributed by atoms with Gasteiger partial charge in [0.15, 0.2) is 0 Å². The van der Waals surface area contributed by atoms with Gasteiger partial charge in [0.25, 0.3) is 0 Å². The molecule has 0 fully saturated rings. The van der Waals surface area contributed by atoms with Crippen molar-refractivity contribution in [3.8, 4) is 0 Å². The second-order valence-corrected chi connectivity index (χ2v) is 6.64. The minimum absolute atomic E-state index is 0.0532. The van der Waals surface area contributed by atoms with Gasteiger partial charge in [-0.15, -0.1) is 0 Å². The van der Waals surface area contributed by atoms with E-state index in [0.29, 0.717) is 5.57 Å². The molecule has 6 nitrogen and oxygen atoms in total. The van der Waals surface area contributed by atoms with Crippen LogP contribution in [0, 0.1) is 0 Å². The van der Waals surface area contributed by atoms with Crippen molar-refractivity contribution in [1.29, 1.82) is 0 Å². The van der Waals surface area contributed by atoms with E-state index < -0.39 is 19.4 Å². The van der Waals surface area contributed by atoms with Gasteiger partial charge in [0.2, 0.25) is 0 Å². The summed E-state index contributed by atoms with van der Waals surface area (Å²) >= 11 is 0. The predicted octanol–water partition coefficient (Wildman–Crippen LogP) is 3.47. The van der Waals surface area contributed by atoms with Crippen molar-refractivity contribution in [3.63, 3.8) is 0 Å². The van der Waals surface area contributed by atoms with Gasteiger partial charge in [-0.2, -0.15) is 0 Å². The number of ether oxygens (including phenoxy) is 1. The lowest BCUT2D eigenvalue weighted by molar-refractivity contribution is -0.149. The smallest absolute Gasteiger partial charge is 0.457 e. The van der Waals surface area contributed by atoms with Crippen molar-refractivity contribution < 1.29 is 27.7 Å². The molecule has 0 aromatic carbocycles. The van der Waals surface area contributed by atoms with E-state index in [1.54, 1.807) is 41.5 Å². The molecule has 0 radical (unpaired) electrons. The fourth-order valence-electron chi connectivity index (χ4n) is 1.12. The summed E-state index contributed by atoms with van der Waals surface area (Å²) in [5.41, 5.74) is -0.182. The molecule has 0 unspecified atom stereocenters. The Morgan fingerprint density at radius 1 is 1.10 bits per heavy atom. The van der Waals surface area contributed by atoms with Crippen LogP contribution in [0.4, 0.5) is 0 Å². The molecule has 0 heterocycles. The summed E-state index contributed by atoms with van der Waals surface area (Å²) in [6, 6.07) is 0. The van der Waals surface area contributed by atoms with E-state index in [-0.39, 0.29) is 19.8 Å². The van der Waals surface area contributed by atoms with Gasteiger partial charge in [0.05, 0.1) is 19.8 Å². The third-order valence-electron chi connectivity index (χ3n) is 1.92. The molecule has 0 aliphatic heterocycles. The van der Waals surface area contributed by atoms with E-state index in [1.165, 1.54) is 6.08 Å². The summed E-state index contributed by atoms with van der Waals surface area (Å²) < 4.78 is 32.2. The first-order valence-electron chi connectivity index (χ1n) is 6.57. The predicted molar refractivity (Wildman–Crippen MR) is 76.4 cm³/mol. The molecule has 0 saturated heterocycles. The number of phosphoric acid groups is 1. The van der Waals surface area contributed by atoms with Gasteiger partial charge in [-0.25, -0.2) is 9.36 Å². The normalized spacial score (nSPS) is 13.4. The molecule has 0 aliphatic carbocycles. The second kappa shape index (κ2) is 8.57. The monoisotopic (exact) mass is 308 g/mol. The Morgan fingerprint density at radius 2 is 1.60 bits per heavy atom. The van der Waals surface area contributed by atoms with Crippen LogP contribution in [0.5, 0.6) is 0 Å². The minimum Gasteiger partial charge on any atom is -0.457 e. The lowest BCUT2D eigenvalue weighted by Gasteiger charge is -2.19. The Bertz CT molecular complexity index is 373. The first-order chi connectivity index (χ1) is 9.13. The first-order valence-corrected chi connectivity index (χ1v) is 8.03. The Labute approximate surface area is 121 Å². The van der Waals surface area contributed by atoms with Crippen LogP contribution < -0.4 is 0 Å². The third-order valence-corrected chi connectivity index (χ3v) is 3.53. The lowest BCUT2D eigenvalue weighted by Crippen LogP contribution is -2.24. The number of hydrogen-bond donors (Lipinski definition) is 0. The van der Waals surface area contributed by atoms with Crippen LogP contribution in [0.2, 0.25) is 0 Å². The maximum absolute atomic E-state index is 12.0. The Kier molecular flexibility index (Phi) is 8.28. The fourth-order valence-corrected chi connectivity index (χ4v) is 2.24. The van der Waals surface area contributed by atoms with Gasteiger partial charge in [-0.05, 0) is 47.6 Å². The molecule has 0 aromatic heterocycles. The molecule has 0 aliphatic rings. The summed E-state index contributed by atoms with van der Waals surface area (Å²) in [4.78, 5) is 11.7. The quantitative estimate of drug-likeness (QED) is 0.388. The molecule has 0 aromatic rings. The van der Waals surface area contributed by atoms with E-state index in [4.69, 9.17) is 18.3 Å². The van der Waals surface area contributed by atoms with Crippen molar-refractivity contribution in [2.75, 3.05) is 19.8 Å². The zero-order valence-corrected chi connectivity index (χ0v) is 14.0. The second-order valence-electron chi connectivity index (χ2n) is 4.97. The molecular formula is C13H25O6P. The Balaban J connectivity index is 4.47. The average molecular weight is 308 g/mol. The maximum Gasteiger partial charge on any atom is 0.475 e. The first kappa shape index (κ1) is 19.3. The van der Waals surface area contributed by atoms with E-state index in [9.17, 15) is 9.36 Å². The summed E-state index contributed by atoms with van der Waals surface area (Å²) in [7, 11) is -3.54. The van der Waals surface area contributed by atoms with Crippen LogP contribution in [0.1, 0.15) is 41.5 Å². The Hall–Kier alpha value is -0.680. The minimum atomic E-state index is -3.54. The lowest BCUT2D eigenvalue weighted by atomic mass is 10.2. The van der Waals surface area contributed by atoms with Gasteiger partial charge in [0.1, 0.15) is 5.60 Å². The fraction of sp³-hybridized carbons (Fsp3) is 0.769. The van der Waals surface area contributed by atoms with Crippen molar-refractivity contribution in [2.24, 2.45) is 0 Å². The number of phosphoric ester groups is 1. The molecule has 0 spiro atoms. The van der Waals surface area contributed by atoms with Gasteiger partial charge < -0.3 is 4.74 Å². The average Bonchev–Trinajstić information content (AvgIpc) is 2.27. The molecule has 0 atom stereocenters. The van der Waals surface area contributed by atoms with Crippen LogP contribution in [-0.4, -0.2) is 31.4 Å². The zero-order chi connectivity index (χ0) is 15.8. The summed E-state index contributed by atoms with van der Waals surface area (Å²) in [6.07, 6.45) is 1.48. The van der Waals surface area contributed by atoms with Crippen LogP contribution >= 0.6 is 7.82 Å². The molecule has 118 valence electrons. The number of rotatable bonds is 8. The topological polar surface area (TPSA) is 71.1 Å². The van der Waals surface area contributed by atoms with Gasteiger partial charge in [-0.3, -0.25) is 13.6 Å². The van der Waals surface area contributed by atoms with E-state index in [2.05, 4.69) is 0 Å². The summed E-state index contributed by atoms with van der Waals surface area (Å²) in [5, 5.41) is 0. The van der Waals surface area contributed by atoms with Crippen LogP contribution in [0.3, 0.4) is 0 Å².